The maximum Gasteiger partial charge on any atom is 0.417 e. The molecule has 2 aromatic rings. The predicted molar refractivity (Wildman–Crippen MR) is 127 cm³/mol. The number of amides is 1. The Balaban J connectivity index is 1.20. The van der Waals surface area contributed by atoms with Crippen LogP contribution in [0.5, 0.6) is 0 Å². The van der Waals surface area contributed by atoms with Gasteiger partial charge in [0.2, 0.25) is 5.91 Å². The fourth-order valence-electron chi connectivity index (χ4n) is 4.64. The molecule has 0 radical (unpaired) electrons. The lowest BCUT2D eigenvalue weighted by atomic mass is 10.1. The maximum absolute atomic E-state index is 12.8. The second-order valence-electron chi connectivity index (χ2n) is 9.25. The molecular formula is C25H29F6N5O. The van der Waals surface area contributed by atoms with E-state index in [1.807, 2.05) is 9.80 Å². The molecule has 1 aromatic heterocycles. The van der Waals surface area contributed by atoms with Crippen molar-refractivity contribution < 1.29 is 31.1 Å². The lowest BCUT2D eigenvalue weighted by Gasteiger charge is -2.36. The van der Waals surface area contributed by atoms with E-state index in [0.717, 1.165) is 30.1 Å². The molecule has 0 saturated carbocycles. The zero-order chi connectivity index (χ0) is 26.6. The predicted octanol–water partition coefficient (Wildman–Crippen LogP) is 4.37. The molecule has 0 bridgehead atoms. The largest absolute Gasteiger partial charge is 0.417 e. The molecule has 6 nitrogen and oxygen atoms in total. The van der Waals surface area contributed by atoms with Crippen LogP contribution < -0.4 is 9.80 Å². The Kier molecular flexibility index (Phi) is 8.15. The summed E-state index contributed by atoms with van der Waals surface area (Å²) in [5.74, 6) is 0.501. The number of rotatable bonds is 5. The molecule has 0 spiro atoms. The summed E-state index contributed by atoms with van der Waals surface area (Å²) in [5.41, 5.74) is -0.705. The molecule has 37 heavy (non-hydrogen) atoms. The molecule has 1 aromatic carbocycles. The van der Waals surface area contributed by atoms with Crippen molar-refractivity contribution >= 4 is 17.4 Å². The van der Waals surface area contributed by atoms with Crippen molar-refractivity contribution in [3.8, 4) is 0 Å². The third-order valence-corrected chi connectivity index (χ3v) is 6.82. The van der Waals surface area contributed by atoms with Gasteiger partial charge < -0.3 is 14.7 Å². The van der Waals surface area contributed by atoms with Crippen molar-refractivity contribution in [2.24, 2.45) is 0 Å². The monoisotopic (exact) mass is 529 g/mol. The van der Waals surface area contributed by atoms with Gasteiger partial charge in [-0.05, 0) is 42.8 Å². The number of piperazine rings is 1. The molecule has 3 heterocycles. The minimum absolute atomic E-state index is 0.0346. The van der Waals surface area contributed by atoms with Crippen LogP contribution in [-0.2, 0) is 17.1 Å². The van der Waals surface area contributed by atoms with Crippen LogP contribution in [0, 0.1) is 0 Å². The molecule has 1 amide bonds. The molecule has 0 unspecified atom stereocenters. The number of benzene rings is 1. The van der Waals surface area contributed by atoms with Gasteiger partial charge in [0.25, 0.3) is 0 Å². The van der Waals surface area contributed by atoms with Crippen molar-refractivity contribution in [3.05, 3.63) is 53.7 Å². The number of anilines is 2. The fraction of sp³-hybridized carbons (Fsp3) is 0.520. The lowest BCUT2D eigenvalue weighted by molar-refractivity contribution is -0.138. The molecule has 12 heteroatoms. The first-order valence-electron chi connectivity index (χ1n) is 12.2. The molecule has 0 N–H and O–H groups in total. The van der Waals surface area contributed by atoms with E-state index < -0.39 is 23.5 Å². The third-order valence-electron chi connectivity index (χ3n) is 6.82. The normalized spacial score (nSPS) is 18.2. The Bertz CT molecular complexity index is 1030. The van der Waals surface area contributed by atoms with Crippen molar-refractivity contribution in [2.45, 2.75) is 25.2 Å². The molecule has 0 atom stereocenters. The number of nitrogens with zero attached hydrogens (tertiary/aromatic N) is 5. The lowest BCUT2D eigenvalue weighted by Crippen LogP contribution is -2.47. The summed E-state index contributed by atoms with van der Waals surface area (Å²) in [4.78, 5) is 24.7. The summed E-state index contributed by atoms with van der Waals surface area (Å²) >= 11 is 0. The summed E-state index contributed by atoms with van der Waals surface area (Å²) in [6.07, 6.45) is -6.89. The highest BCUT2D eigenvalue weighted by molar-refractivity contribution is 5.76. The van der Waals surface area contributed by atoms with E-state index in [1.165, 1.54) is 18.2 Å². The fourth-order valence-corrected chi connectivity index (χ4v) is 4.64. The number of hydrogen-bond acceptors (Lipinski definition) is 5. The van der Waals surface area contributed by atoms with Crippen LogP contribution in [0.15, 0.2) is 42.6 Å². The second kappa shape index (κ2) is 11.2. The van der Waals surface area contributed by atoms with E-state index in [2.05, 4.69) is 9.88 Å². The average molecular weight is 530 g/mol. The SMILES string of the molecule is O=C(CCN1CCN(c2ccc(C(F)(F)F)cc2)CC1)N1CCCN(c2ccc(C(F)(F)F)cn2)CC1. The van der Waals surface area contributed by atoms with Crippen LogP contribution in [0.25, 0.3) is 0 Å². The van der Waals surface area contributed by atoms with Gasteiger partial charge in [-0.1, -0.05) is 0 Å². The number of alkyl halides is 6. The average Bonchev–Trinajstić information content (AvgIpc) is 3.13. The van der Waals surface area contributed by atoms with Gasteiger partial charge in [-0.25, -0.2) is 4.98 Å². The van der Waals surface area contributed by atoms with Crippen LogP contribution in [0.1, 0.15) is 24.0 Å². The second-order valence-corrected chi connectivity index (χ2v) is 9.25. The van der Waals surface area contributed by atoms with Crippen molar-refractivity contribution in [2.75, 3.05) is 68.7 Å². The minimum atomic E-state index is -4.43. The standard InChI is InChI=1S/C25H29F6N5O/c26-24(27,28)19-2-5-21(6-3-19)34-14-12-33(13-15-34)11-8-23(37)36-10-1-9-35(16-17-36)22-7-4-20(18-32-22)25(29,30)31/h2-7,18H,1,8-17H2. The minimum Gasteiger partial charge on any atom is -0.369 e. The number of carbonyl (C=O) groups excluding carboxylic acids is 1. The third kappa shape index (κ3) is 7.06. The highest BCUT2D eigenvalue weighted by atomic mass is 19.4. The molecule has 202 valence electrons. The molecule has 2 saturated heterocycles. The Morgan fingerprint density at radius 3 is 1.95 bits per heavy atom. The van der Waals surface area contributed by atoms with E-state index in [9.17, 15) is 31.1 Å². The first-order valence-corrected chi connectivity index (χ1v) is 12.2. The van der Waals surface area contributed by atoms with Gasteiger partial charge in [0, 0.05) is 77.2 Å². The van der Waals surface area contributed by atoms with E-state index in [4.69, 9.17) is 0 Å². The van der Waals surface area contributed by atoms with Gasteiger partial charge in [-0.15, -0.1) is 0 Å². The van der Waals surface area contributed by atoms with Crippen molar-refractivity contribution in [3.63, 3.8) is 0 Å². The van der Waals surface area contributed by atoms with Gasteiger partial charge in [-0.3, -0.25) is 9.69 Å². The molecule has 2 aliphatic rings. The van der Waals surface area contributed by atoms with Crippen molar-refractivity contribution in [1.29, 1.82) is 0 Å². The molecule has 2 aliphatic heterocycles. The van der Waals surface area contributed by atoms with E-state index >= 15 is 0 Å². The van der Waals surface area contributed by atoms with Gasteiger partial charge in [0.05, 0.1) is 11.1 Å². The smallest absolute Gasteiger partial charge is 0.369 e. The Morgan fingerprint density at radius 2 is 1.35 bits per heavy atom. The number of aromatic nitrogens is 1. The van der Waals surface area contributed by atoms with Gasteiger partial charge in [0.15, 0.2) is 0 Å². The number of hydrogen-bond donors (Lipinski definition) is 0. The highest BCUT2D eigenvalue weighted by Gasteiger charge is 2.32. The topological polar surface area (TPSA) is 42.9 Å². The van der Waals surface area contributed by atoms with E-state index in [-0.39, 0.29) is 5.91 Å². The summed E-state index contributed by atoms with van der Waals surface area (Å²) in [7, 11) is 0. The Labute approximate surface area is 211 Å². The summed E-state index contributed by atoms with van der Waals surface area (Å²) in [6, 6.07) is 7.56. The summed E-state index contributed by atoms with van der Waals surface area (Å²) < 4.78 is 76.7. The highest BCUT2D eigenvalue weighted by Crippen LogP contribution is 2.31. The number of carbonyl (C=O) groups is 1. The number of pyridine rings is 1. The Morgan fingerprint density at radius 1 is 0.730 bits per heavy atom. The van der Waals surface area contributed by atoms with Gasteiger partial charge in [-0.2, -0.15) is 26.3 Å². The maximum atomic E-state index is 12.8. The van der Waals surface area contributed by atoms with Gasteiger partial charge >= 0.3 is 12.4 Å². The Hall–Kier alpha value is -3.02. The molecule has 4 rings (SSSR count). The van der Waals surface area contributed by atoms with Crippen LogP contribution in [0.4, 0.5) is 37.8 Å². The molecule has 0 aliphatic carbocycles. The molecular weight excluding hydrogens is 500 g/mol. The molecule has 2 fully saturated rings. The summed E-state index contributed by atoms with van der Waals surface area (Å²) in [5, 5.41) is 0. The zero-order valence-electron chi connectivity index (χ0n) is 20.2. The number of halogens is 6. The zero-order valence-corrected chi connectivity index (χ0v) is 20.2. The van der Waals surface area contributed by atoms with Gasteiger partial charge in [0.1, 0.15) is 5.82 Å². The van der Waals surface area contributed by atoms with Crippen LogP contribution in [-0.4, -0.2) is 79.6 Å². The van der Waals surface area contributed by atoms with E-state index in [0.29, 0.717) is 77.6 Å². The first kappa shape index (κ1) is 27.0. The van der Waals surface area contributed by atoms with E-state index in [1.54, 1.807) is 4.90 Å². The van der Waals surface area contributed by atoms with Crippen LogP contribution in [0.3, 0.4) is 0 Å². The first-order chi connectivity index (χ1) is 17.5. The van der Waals surface area contributed by atoms with Crippen molar-refractivity contribution in [1.82, 2.24) is 14.8 Å². The van der Waals surface area contributed by atoms with Crippen LogP contribution >= 0.6 is 0 Å². The van der Waals surface area contributed by atoms with Crippen LogP contribution in [0.2, 0.25) is 0 Å². The summed E-state index contributed by atoms with van der Waals surface area (Å²) in [6.45, 7) is 5.51. The quantitative estimate of drug-likeness (QED) is 0.539.